The predicted molar refractivity (Wildman–Crippen MR) is 68.3 cm³/mol. The number of anilines is 1. The zero-order valence-electron chi connectivity index (χ0n) is 10.8. The van der Waals surface area contributed by atoms with Crippen LogP contribution in [0.3, 0.4) is 0 Å². The molecule has 0 saturated carbocycles. The van der Waals surface area contributed by atoms with Crippen molar-refractivity contribution < 1.29 is 26.8 Å². The highest BCUT2D eigenvalue weighted by atomic mass is 35.5. The number of carbonyl (C=O) groups excluding carboxylic acids is 1. The Morgan fingerprint density at radius 2 is 1.63 bits per heavy atom. The first-order valence-electron chi connectivity index (χ1n) is 5.63. The zero-order chi connectivity index (χ0) is 13.0. The predicted octanol–water partition coefficient (Wildman–Crippen LogP) is -1.69. The SMILES string of the molecule is CN(C)c1cc[n+](OC(=O)c2ccccc2)cc1.[Cl-]. The Bertz CT molecular complexity index is 527. The molecule has 0 unspecified atom stereocenters. The number of carbonyl (C=O) groups is 1. The van der Waals surface area contributed by atoms with Crippen molar-refractivity contribution in [3.05, 3.63) is 60.4 Å². The molecule has 0 saturated heterocycles. The lowest BCUT2D eigenvalue weighted by Crippen LogP contribution is -3.00. The van der Waals surface area contributed by atoms with Crippen LogP contribution in [0, 0.1) is 0 Å². The largest absolute Gasteiger partial charge is 1.00 e. The highest BCUT2D eigenvalue weighted by Gasteiger charge is 2.13. The quantitative estimate of drug-likeness (QED) is 0.629. The number of halogens is 1. The van der Waals surface area contributed by atoms with Gasteiger partial charge in [-0.2, -0.15) is 4.84 Å². The van der Waals surface area contributed by atoms with E-state index in [0.717, 1.165) is 5.69 Å². The van der Waals surface area contributed by atoms with Crippen LogP contribution in [0.4, 0.5) is 5.69 Å². The van der Waals surface area contributed by atoms with Crippen LogP contribution in [-0.4, -0.2) is 20.1 Å². The first-order chi connectivity index (χ1) is 8.66. The van der Waals surface area contributed by atoms with Gasteiger partial charge in [-0.3, -0.25) is 0 Å². The molecule has 0 fully saturated rings. The molecule has 1 aromatic heterocycles. The van der Waals surface area contributed by atoms with Crippen molar-refractivity contribution >= 4 is 11.7 Å². The minimum Gasteiger partial charge on any atom is -1.00 e. The van der Waals surface area contributed by atoms with Gasteiger partial charge in [-0.15, -0.1) is 0 Å². The van der Waals surface area contributed by atoms with Crippen molar-refractivity contribution in [3.8, 4) is 0 Å². The molecule has 0 amide bonds. The topological polar surface area (TPSA) is 33.4 Å². The molecule has 4 nitrogen and oxygen atoms in total. The molecule has 0 aliphatic heterocycles. The fourth-order valence-corrected chi connectivity index (χ4v) is 1.49. The van der Waals surface area contributed by atoms with Crippen LogP contribution in [0.2, 0.25) is 0 Å². The van der Waals surface area contributed by atoms with Crippen molar-refractivity contribution in [2.24, 2.45) is 0 Å². The van der Waals surface area contributed by atoms with Gasteiger partial charge in [0.25, 0.3) is 0 Å². The molecule has 2 rings (SSSR count). The molecular formula is C14H15ClN2O2. The van der Waals surface area contributed by atoms with Gasteiger partial charge in [-0.1, -0.05) is 18.2 Å². The van der Waals surface area contributed by atoms with Gasteiger partial charge in [0.1, 0.15) is 0 Å². The maximum absolute atomic E-state index is 11.8. The van der Waals surface area contributed by atoms with Crippen LogP contribution in [0.15, 0.2) is 54.9 Å². The third-order valence-electron chi connectivity index (χ3n) is 2.50. The average Bonchev–Trinajstić information content (AvgIpc) is 2.40. The summed E-state index contributed by atoms with van der Waals surface area (Å²) in [4.78, 5) is 18.9. The van der Waals surface area contributed by atoms with Crippen LogP contribution in [0.1, 0.15) is 10.4 Å². The molecule has 19 heavy (non-hydrogen) atoms. The molecule has 0 spiro atoms. The van der Waals surface area contributed by atoms with Gasteiger partial charge in [0.05, 0.1) is 5.56 Å². The Kier molecular flexibility index (Phi) is 5.33. The Hall–Kier alpha value is -2.07. The summed E-state index contributed by atoms with van der Waals surface area (Å²) in [5.41, 5.74) is 1.57. The summed E-state index contributed by atoms with van der Waals surface area (Å²) < 4.78 is 1.39. The molecule has 5 heteroatoms. The molecule has 0 aliphatic rings. The summed E-state index contributed by atoms with van der Waals surface area (Å²) in [5.74, 6) is -0.377. The summed E-state index contributed by atoms with van der Waals surface area (Å²) in [5, 5.41) is 0. The summed E-state index contributed by atoms with van der Waals surface area (Å²) in [6.45, 7) is 0. The molecule has 100 valence electrons. The van der Waals surface area contributed by atoms with Gasteiger partial charge in [0.15, 0.2) is 0 Å². The van der Waals surface area contributed by atoms with E-state index in [-0.39, 0.29) is 18.4 Å². The van der Waals surface area contributed by atoms with Crippen LogP contribution in [-0.2, 0) is 0 Å². The molecule has 1 aromatic carbocycles. The van der Waals surface area contributed by atoms with Gasteiger partial charge >= 0.3 is 5.97 Å². The maximum Gasteiger partial charge on any atom is 0.411 e. The van der Waals surface area contributed by atoms with E-state index in [9.17, 15) is 4.79 Å². The lowest BCUT2D eigenvalue weighted by atomic mass is 10.2. The van der Waals surface area contributed by atoms with E-state index in [2.05, 4.69) is 0 Å². The number of hydrogen-bond donors (Lipinski definition) is 0. The molecule has 0 bridgehead atoms. The van der Waals surface area contributed by atoms with E-state index in [0.29, 0.717) is 5.56 Å². The van der Waals surface area contributed by atoms with Crippen molar-refractivity contribution in [1.82, 2.24) is 0 Å². The van der Waals surface area contributed by atoms with E-state index in [1.54, 1.807) is 36.7 Å². The molecule has 0 N–H and O–H groups in total. The molecular weight excluding hydrogens is 264 g/mol. The molecule has 0 aliphatic carbocycles. The second-order valence-corrected chi connectivity index (χ2v) is 4.06. The van der Waals surface area contributed by atoms with Crippen LogP contribution in [0.25, 0.3) is 0 Å². The summed E-state index contributed by atoms with van der Waals surface area (Å²) in [7, 11) is 3.91. The minimum absolute atomic E-state index is 0. The number of aromatic nitrogens is 1. The van der Waals surface area contributed by atoms with Crippen molar-refractivity contribution in [2.45, 2.75) is 0 Å². The van der Waals surface area contributed by atoms with E-state index in [1.807, 2.05) is 37.2 Å². The summed E-state index contributed by atoms with van der Waals surface area (Å²) in [6, 6.07) is 12.6. The monoisotopic (exact) mass is 278 g/mol. The van der Waals surface area contributed by atoms with Gasteiger partial charge in [-0.05, 0) is 12.1 Å². The van der Waals surface area contributed by atoms with Crippen molar-refractivity contribution in [3.63, 3.8) is 0 Å². The smallest absolute Gasteiger partial charge is 0.411 e. The first kappa shape index (κ1) is 15.0. The van der Waals surface area contributed by atoms with Gasteiger partial charge in [0, 0.05) is 36.6 Å². The minimum atomic E-state index is -0.377. The zero-order valence-corrected chi connectivity index (χ0v) is 11.5. The fourth-order valence-electron chi connectivity index (χ4n) is 1.49. The Balaban J connectivity index is 0.00000180. The lowest BCUT2D eigenvalue weighted by molar-refractivity contribution is -0.868. The van der Waals surface area contributed by atoms with Crippen molar-refractivity contribution in [1.29, 1.82) is 0 Å². The second kappa shape index (κ2) is 6.75. The summed E-state index contributed by atoms with van der Waals surface area (Å²) in [6.07, 6.45) is 3.41. The standard InChI is InChI=1S/C14H15N2O2.ClH/c1-15(2)13-8-10-16(11-9-13)18-14(17)12-6-4-3-5-7-12;/h3-11H,1-2H3;1H/q+1;/p-1. The highest BCUT2D eigenvalue weighted by molar-refractivity contribution is 5.88. The van der Waals surface area contributed by atoms with Gasteiger partial charge in [0.2, 0.25) is 12.4 Å². The summed E-state index contributed by atoms with van der Waals surface area (Å²) >= 11 is 0. The molecule has 1 heterocycles. The Labute approximate surface area is 118 Å². The average molecular weight is 279 g/mol. The fraction of sp³-hybridized carbons (Fsp3) is 0.143. The first-order valence-corrected chi connectivity index (χ1v) is 5.63. The van der Waals surface area contributed by atoms with Crippen LogP contribution >= 0.6 is 0 Å². The second-order valence-electron chi connectivity index (χ2n) is 4.06. The number of rotatable bonds is 3. The number of benzene rings is 1. The van der Waals surface area contributed by atoms with E-state index >= 15 is 0 Å². The third kappa shape index (κ3) is 3.96. The number of hydrogen-bond acceptors (Lipinski definition) is 3. The normalized spacial score (nSPS) is 9.37. The van der Waals surface area contributed by atoms with Crippen LogP contribution < -0.4 is 26.9 Å². The lowest BCUT2D eigenvalue weighted by Gasteiger charge is -2.09. The van der Waals surface area contributed by atoms with Crippen molar-refractivity contribution in [2.75, 3.05) is 19.0 Å². The Morgan fingerprint density at radius 3 is 2.16 bits per heavy atom. The van der Waals surface area contributed by atoms with E-state index in [1.165, 1.54) is 4.73 Å². The highest BCUT2D eigenvalue weighted by Crippen LogP contribution is 2.05. The van der Waals surface area contributed by atoms with E-state index < -0.39 is 0 Å². The molecule has 0 atom stereocenters. The Morgan fingerprint density at radius 1 is 1.05 bits per heavy atom. The molecule has 0 radical (unpaired) electrons. The maximum atomic E-state index is 11.8. The van der Waals surface area contributed by atoms with Gasteiger partial charge < -0.3 is 17.3 Å². The van der Waals surface area contributed by atoms with E-state index in [4.69, 9.17) is 4.84 Å². The third-order valence-corrected chi connectivity index (χ3v) is 2.50. The number of nitrogens with zero attached hydrogens (tertiary/aromatic N) is 2. The molecule has 2 aromatic rings. The van der Waals surface area contributed by atoms with Gasteiger partial charge in [-0.25, -0.2) is 4.79 Å². The number of pyridine rings is 1. The van der Waals surface area contributed by atoms with Crippen LogP contribution in [0.5, 0.6) is 0 Å².